The van der Waals surface area contributed by atoms with Gasteiger partial charge in [-0.2, -0.15) is 0 Å². The van der Waals surface area contributed by atoms with Gasteiger partial charge in [-0.15, -0.1) is 0 Å². The Morgan fingerprint density at radius 2 is 1.83 bits per heavy atom. The second-order valence-electron chi connectivity index (χ2n) is 5.97. The summed E-state index contributed by atoms with van der Waals surface area (Å²) in [5.74, 6) is 0.870. The maximum Gasteiger partial charge on any atom is 0.00985 e. The highest BCUT2D eigenvalue weighted by atomic mass is 14.8. The molecule has 0 radical (unpaired) electrons. The van der Waals surface area contributed by atoms with Gasteiger partial charge in [-0.25, -0.2) is 0 Å². The van der Waals surface area contributed by atoms with Crippen LogP contribution in [0.3, 0.4) is 0 Å². The minimum Gasteiger partial charge on any atom is -0.327 e. The molecule has 0 amide bonds. The molecule has 0 aromatic heterocycles. The molecule has 2 rings (SSSR count). The molecular weight excluding hydrogens is 146 g/mol. The molecule has 70 valence electrons. The molecule has 1 heteroatoms. The van der Waals surface area contributed by atoms with E-state index in [2.05, 4.69) is 20.8 Å². The number of rotatable bonds is 0. The summed E-state index contributed by atoms with van der Waals surface area (Å²) >= 11 is 0. The lowest BCUT2D eigenvalue weighted by Crippen LogP contribution is -2.25. The van der Waals surface area contributed by atoms with Crippen molar-refractivity contribution in [3.8, 4) is 0 Å². The first-order valence-corrected chi connectivity index (χ1v) is 5.20. The second kappa shape index (κ2) is 2.25. The summed E-state index contributed by atoms with van der Waals surface area (Å²) in [5.41, 5.74) is 7.25. The second-order valence-corrected chi connectivity index (χ2v) is 5.97. The zero-order valence-electron chi connectivity index (χ0n) is 8.56. The van der Waals surface area contributed by atoms with Crippen LogP contribution in [0.15, 0.2) is 0 Å². The monoisotopic (exact) mass is 167 g/mol. The van der Waals surface area contributed by atoms with Gasteiger partial charge in [0.25, 0.3) is 0 Å². The fourth-order valence-electron chi connectivity index (χ4n) is 2.68. The van der Waals surface area contributed by atoms with Crippen LogP contribution >= 0.6 is 0 Å². The number of hydrogen-bond donors (Lipinski definition) is 1. The zero-order valence-corrected chi connectivity index (χ0v) is 8.56. The van der Waals surface area contributed by atoms with Crippen LogP contribution in [0.5, 0.6) is 0 Å². The van der Waals surface area contributed by atoms with Crippen molar-refractivity contribution in [1.82, 2.24) is 0 Å². The van der Waals surface area contributed by atoms with Crippen LogP contribution in [0.4, 0.5) is 0 Å². The average Bonchev–Trinajstić information content (AvgIpc) is 2.57. The third-order valence-corrected chi connectivity index (χ3v) is 4.09. The molecule has 2 fully saturated rings. The van der Waals surface area contributed by atoms with E-state index in [-0.39, 0.29) is 0 Å². The van der Waals surface area contributed by atoms with Crippen molar-refractivity contribution in [1.29, 1.82) is 0 Å². The van der Waals surface area contributed by atoms with E-state index in [1.165, 1.54) is 25.7 Å². The van der Waals surface area contributed by atoms with E-state index >= 15 is 0 Å². The molecule has 0 saturated heterocycles. The largest absolute Gasteiger partial charge is 0.327 e. The van der Waals surface area contributed by atoms with E-state index in [1.54, 1.807) is 0 Å². The molecule has 2 aliphatic carbocycles. The van der Waals surface area contributed by atoms with E-state index in [4.69, 9.17) is 5.73 Å². The molecule has 1 spiro atoms. The summed E-state index contributed by atoms with van der Waals surface area (Å²) in [6, 6.07) is 0.515. The molecule has 0 aromatic carbocycles. The summed E-state index contributed by atoms with van der Waals surface area (Å²) in [6.07, 6.45) is 5.47. The van der Waals surface area contributed by atoms with Crippen LogP contribution in [0.25, 0.3) is 0 Å². The van der Waals surface area contributed by atoms with Gasteiger partial charge in [0.2, 0.25) is 0 Å². The SMILES string of the molecule is CC(C)(C)C1CC(N)C2(CC2)C1. The van der Waals surface area contributed by atoms with E-state index in [0.29, 0.717) is 16.9 Å². The average molecular weight is 167 g/mol. The molecule has 1 nitrogen and oxygen atoms in total. The fourth-order valence-corrected chi connectivity index (χ4v) is 2.68. The maximum atomic E-state index is 6.16. The van der Waals surface area contributed by atoms with Crippen LogP contribution in [0.2, 0.25) is 0 Å². The fraction of sp³-hybridized carbons (Fsp3) is 1.00. The Morgan fingerprint density at radius 3 is 2.08 bits per heavy atom. The Labute approximate surface area is 75.7 Å². The predicted molar refractivity (Wildman–Crippen MR) is 51.8 cm³/mol. The van der Waals surface area contributed by atoms with Gasteiger partial charge in [-0.05, 0) is 42.4 Å². The van der Waals surface area contributed by atoms with Crippen molar-refractivity contribution in [3.05, 3.63) is 0 Å². The van der Waals surface area contributed by atoms with Gasteiger partial charge in [-0.3, -0.25) is 0 Å². The van der Waals surface area contributed by atoms with Gasteiger partial charge in [0, 0.05) is 6.04 Å². The molecule has 2 atom stereocenters. The van der Waals surface area contributed by atoms with Crippen LogP contribution in [-0.2, 0) is 0 Å². The lowest BCUT2D eigenvalue weighted by molar-refractivity contribution is 0.236. The van der Waals surface area contributed by atoms with Crippen molar-refractivity contribution in [2.75, 3.05) is 0 Å². The maximum absolute atomic E-state index is 6.16. The smallest absolute Gasteiger partial charge is 0.00985 e. The van der Waals surface area contributed by atoms with Crippen molar-refractivity contribution < 1.29 is 0 Å². The van der Waals surface area contributed by atoms with E-state index in [1.807, 2.05) is 0 Å². The summed E-state index contributed by atoms with van der Waals surface area (Å²) in [6.45, 7) is 7.06. The Kier molecular flexibility index (Phi) is 1.61. The van der Waals surface area contributed by atoms with Gasteiger partial charge in [0.15, 0.2) is 0 Å². The van der Waals surface area contributed by atoms with E-state index in [0.717, 1.165) is 5.92 Å². The first kappa shape index (κ1) is 8.55. The molecule has 12 heavy (non-hydrogen) atoms. The third kappa shape index (κ3) is 1.19. The molecule has 0 heterocycles. The highest BCUT2D eigenvalue weighted by Gasteiger charge is 2.55. The number of hydrogen-bond acceptors (Lipinski definition) is 1. The minimum absolute atomic E-state index is 0.476. The zero-order chi connectivity index (χ0) is 8.98. The molecule has 0 bridgehead atoms. The topological polar surface area (TPSA) is 26.0 Å². The summed E-state index contributed by atoms with van der Waals surface area (Å²) in [4.78, 5) is 0. The molecule has 2 aliphatic rings. The van der Waals surface area contributed by atoms with Gasteiger partial charge < -0.3 is 5.73 Å². The summed E-state index contributed by atoms with van der Waals surface area (Å²) in [7, 11) is 0. The van der Waals surface area contributed by atoms with Crippen molar-refractivity contribution in [2.45, 2.75) is 52.5 Å². The van der Waals surface area contributed by atoms with Crippen LogP contribution in [0, 0.1) is 16.7 Å². The van der Waals surface area contributed by atoms with Crippen LogP contribution < -0.4 is 5.73 Å². The minimum atomic E-state index is 0.476. The van der Waals surface area contributed by atoms with E-state index in [9.17, 15) is 0 Å². The lowest BCUT2D eigenvalue weighted by atomic mass is 9.79. The Hall–Kier alpha value is -0.0400. The number of nitrogens with two attached hydrogens (primary N) is 1. The van der Waals surface area contributed by atoms with Crippen molar-refractivity contribution >= 4 is 0 Å². The Bertz CT molecular complexity index is 186. The van der Waals surface area contributed by atoms with Crippen LogP contribution in [-0.4, -0.2) is 6.04 Å². The van der Waals surface area contributed by atoms with Gasteiger partial charge >= 0.3 is 0 Å². The molecule has 0 aromatic rings. The first-order valence-electron chi connectivity index (χ1n) is 5.20. The molecule has 2 unspecified atom stereocenters. The van der Waals surface area contributed by atoms with E-state index < -0.39 is 0 Å². The Balaban J connectivity index is 2.06. The van der Waals surface area contributed by atoms with Crippen molar-refractivity contribution in [2.24, 2.45) is 22.5 Å². The summed E-state index contributed by atoms with van der Waals surface area (Å²) in [5, 5.41) is 0. The molecular formula is C11H21N. The normalized spacial score (nSPS) is 39.0. The highest BCUT2D eigenvalue weighted by molar-refractivity contribution is 5.08. The van der Waals surface area contributed by atoms with Gasteiger partial charge in [0.05, 0.1) is 0 Å². The predicted octanol–water partition coefficient (Wildman–Crippen LogP) is 2.55. The molecule has 0 aliphatic heterocycles. The van der Waals surface area contributed by atoms with Gasteiger partial charge in [-0.1, -0.05) is 20.8 Å². The molecule has 2 saturated carbocycles. The lowest BCUT2D eigenvalue weighted by Gasteiger charge is -2.26. The van der Waals surface area contributed by atoms with Crippen molar-refractivity contribution in [3.63, 3.8) is 0 Å². The van der Waals surface area contributed by atoms with Gasteiger partial charge in [0.1, 0.15) is 0 Å². The molecule has 2 N–H and O–H groups in total. The van der Waals surface area contributed by atoms with Crippen LogP contribution in [0.1, 0.15) is 46.5 Å². The first-order chi connectivity index (χ1) is 5.44. The Morgan fingerprint density at radius 1 is 1.25 bits per heavy atom. The quantitative estimate of drug-likeness (QED) is 0.589. The standard InChI is InChI=1S/C11H21N/c1-10(2,3)8-6-9(12)11(7-8)4-5-11/h8-9H,4-7,12H2,1-3H3. The summed E-state index contributed by atoms with van der Waals surface area (Å²) < 4.78 is 0. The third-order valence-electron chi connectivity index (χ3n) is 4.09. The highest BCUT2D eigenvalue weighted by Crippen LogP contribution is 2.61.